The Morgan fingerprint density at radius 2 is 1.97 bits per heavy atom. The molecule has 0 saturated carbocycles. The Morgan fingerprint density at radius 3 is 2.58 bits per heavy atom. The average molecular weight is 463 g/mol. The van der Waals surface area contributed by atoms with E-state index < -0.39 is 5.79 Å². The van der Waals surface area contributed by atoms with Crippen molar-refractivity contribution in [3.05, 3.63) is 62.0 Å². The van der Waals surface area contributed by atoms with Gasteiger partial charge in [-0.25, -0.2) is 4.98 Å². The van der Waals surface area contributed by atoms with Crippen molar-refractivity contribution < 1.29 is 14.2 Å². The third-order valence-electron chi connectivity index (χ3n) is 5.20. The summed E-state index contributed by atoms with van der Waals surface area (Å²) in [5.74, 6) is -0.385. The first-order valence-electron chi connectivity index (χ1n) is 10.2. The maximum Gasteiger partial charge on any atom is 0.227 e. The quantitative estimate of drug-likeness (QED) is 0.527. The Balaban J connectivity index is 1.88. The number of rotatable bonds is 5. The third-order valence-corrected chi connectivity index (χ3v) is 5.81. The molecule has 0 N–H and O–H groups in total. The van der Waals surface area contributed by atoms with Gasteiger partial charge < -0.3 is 18.8 Å². The van der Waals surface area contributed by atoms with Crippen molar-refractivity contribution in [2.75, 3.05) is 13.2 Å². The smallest absolute Gasteiger partial charge is 0.227 e. The third kappa shape index (κ3) is 4.30. The number of ether oxygens (including phenoxy) is 3. The molecule has 164 valence electrons. The van der Waals surface area contributed by atoms with Gasteiger partial charge in [0.2, 0.25) is 5.88 Å². The normalized spacial score (nSPS) is 17.9. The largest absolute Gasteiger partial charge is 0.474 e. The predicted octanol–water partition coefficient (Wildman–Crippen LogP) is 5.09. The van der Waals surface area contributed by atoms with E-state index in [1.54, 1.807) is 24.3 Å². The fourth-order valence-electron chi connectivity index (χ4n) is 3.78. The Kier molecular flexibility index (Phi) is 6.01. The molecule has 0 amide bonds. The second-order valence-electron chi connectivity index (χ2n) is 7.98. The zero-order valence-electron chi connectivity index (χ0n) is 17.9. The molecule has 1 aromatic carbocycles. The van der Waals surface area contributed by atoms with Gasteiger partial charge in [0.1, 0.15) is 18.1 Å². The first-order valence-corrected chi connectivity index (χ1v) is 10.9. The van der Waals surface area contributed by atoms with Crippen LogP contribution in [0.2, 0.25) is 10.0 Å². The number of aromatic nitrogens is 2. The van der Waals surface area contributed by atoms with E-state index in [0.717, 1.165) is 5.69 Å². The topological polar surface area (TPSA) is 62.6 Å². The molecule has 1 saturated heterocycles. The van der Waals surface area contributed by atoms with E-state index in [9.17, 15) is 4.79 Å². The van der Waals surface area contributed by atoms with Crippen molar-refractivity contribution in [2.45, 2.75) is 46.0 Å². The van der Waals surface area contributed by atoms with Gasteiger partial charge in [0, 0.05) is 17.5 Å². The van der Waals surface area contributed by atoms with Crippen molar-refractivity contribution in [1.29, 1.82) is 0 Å². The zero-order chi connectivity index (χ0) is 22.3. The van der Waals surface area contributed by atoms with Crippen molar-refractivity contribution in [2.24, 2.45) is 0 Å². The van der Waals surface area contributed by atoms with Gasteiger partial charge in [0.25, 0.3) is 0 Å². The highest BCUT2D eigenvalue weighted by atomic mass is 35.5. The van der Waals surface area contributed by atoms with E-state index >= 15 is 0 Å². The van der Waals surface area contributed by atoms with Gasteiger partial charge in [-0.05, 0) is 45.4 Å². The van der Waals surface area contributed by atoms with Gasteiger partial charge in [-0.15, -0.1) is 0 Å². The summed E-state index contributed by atoms with van der Waals surface area (Å²) in [6.45, 7) is 8.18. The van der Waals surface area contributed by atoms with E-state index in [4.69, 9.17) is 37.4 Å². The van der Waals surface area contributed by atoms with Crippen LogP contribution in [0.5, 0.6) is 5.88 Å². The van der Waals surface area contributed by atoms with Crippen LogP contribution in [0.4, 0.5) is 0 Å². The second-order valence-corrected chi connectivity index (χ2v) is 8.80. The Bertz CT molecular complexity index is 1190. The molecular formula is C23H24Cl2N2O4. The van der Waals surface area contributed by atoms with Gasteiger partial charge in [-0.1, -0.05) is 36.2 Å². The van der Waals surface area contributed by atoms with Crippen LogP contribution < -0.4 is 10.2 Å². The minimum Gasteiger partial charge on any atom is -0.474 e. The summed E-state index contributed by atoms with van der Waals surface area (Å²) >= 11 is 13.0. The molecule has 8 heteroatoms. The van der Waals surface area contributed by atoms with Gasteiger partial charge >= 0.3 is 0 Å². The van der Waals surface area contributed by atoms with Gasteiger partial charge in [0.05, 0.1) is 27.9 Å². The molecule has 0 spiro atoms. The fraction of sp³-hybridized carbons (Fsp3) is 0.391. The average Bonchev–Trinajstić information content (AvgIpc) is 3.06. The van der Waals surface area contributed by atoms with Crippen molar-refractivity contribution in [3.8, 4) is 11.6 Å². The minimum atomic E-state index is -0.653. The van der Waals surface area contributed by atoms with Crippen LogP contribution in [0.25, 0.3) is 16.6 Å². The Labute approximate surface area is 190 Å². The summed E-state index contributed by atoms with van der Waals surface area (Å²) in [5, 5.41) is 1.34. The van der Waals surface area contributed by atoms with Gasteiger partial charge in [0.15, 0.2) is 11.2 Å². The first kappa shape index (κ1) is 22.1. The summed E-state index contributed by atoms with van der Waals surface area (Å²) in [5.41, 5.74) is 2.57. The number of benzene rings is 1. The Hall–Kier alpha value is -2.12. The molecule has 1 atom stereocenters. The summed E-state index contributed by atoms with van der Waals surface area (Å²) in [7, 11) is 0. The lowest BCUT2D eigenvalue weighted by Crippen LogP contribution is -2.25. The summed E-state index contributed by atoms with van der Waals surface area (Å²) in [6, 6.07) is 8.75. The summed E-state index contributed by atoms with van der Waals surface area (Å²) in [6.07, 6.45) is 0.420. The van der Waals surface area contributed by atoms with E-state index in [-0.39, 0.29) is 24.0 Å². The molecule has 0 aliphatic carbocycles. The van der Waals surface area contributed by atoms with E-state index in [2.05, 4.69) is 4.98 Å². The molecule has 31 heavy (non-hydrogen) atoms. The zero-order valence-corrected chi connectivity index (χ0v) is 19.4. The molecule has 2 aromatic heterocycles. The van der Waals surface area contributed by atoms with Crippen molar-refractivity contribution in [3.63, 3.8) is 0 Å². The van der Waals surface area contributed by atoms with E-state index in [0.29, 0.717) is 45.4 Å². The number of halogens is 2. The maximum atomic E-state index is 13.0. The van der Waals surface area contributed by atoms with Gasteiger partial charge in [-0.2, -0.15) is 0 Å². The molecule has 0 radical (unpaired) electrons. The molecule has 1 aliphatic rings. The molecule has 0 bridgehead atoms. The van der Waals surface area contributed by atoms with Crippen molar-refractivity contribution in [1.82, 2.24) is 9.55 Å². The number of hydrogen-bond acceptors (Lipinski definition) is 5. The molecule has 1 aliphatic heterocycles. The van der Waals surface area contributed by atoms with Crippen molar-refractivity contribution >= 4 is 34.1 Å². The highest BCUT2D eigenvalue weighted by Gasteiger charge is 2.33. The predicted molar refractivity (Wildman–Crippen MR) is 122 cm³/mol. The molecule has 1 unspecified atom stereocenters. The monoisotopic (exact) mass is 462 g/mol. The highest BCUT2D eigenvalue weighted by Crippen LogP contribution is 2.34. The number of para-hydroxylation sites is 1. The molecule has 3 aromatic rings. The standard InChI is InChI=1S/C23H24Cl2N2O4/c1-5-14-10-18-20(22(26-14)29-11-15-12-30-23(3,4)31-15)19(28)9-13(2)27(18)21-16(24)7-6-8-17(21)25/h6-10,15H,5,11-12H2,1-4H3. The van der Waals surface area contributed by atoms with Crippen LogP contribution in [0.1, 0.15) is 32.2 Å². The molecule has 1 fully saturated rings. The summed E-state index contributed by atoms with van der Waals surface area (Å²) in [4.78, 5) is 17.6. The van der Waals surface area contributed by atoms with Crippen LogP contribution in [0, 0.1) is 6.92 Å². The van der Waals surface area contributed by atoms with E-state index in [1.165, 1.54) is 0 Å². The van der Waals surface area contributed by atoms with Gasteiger partial charge in [-0.3, -0.25) is 4.79 Å². The Morgan fingerprint density at radius 1 is 1.26 bits per heavy atom. The van der Waals surface area contributed by atoms with Crippen LogP contribution in [0.15, 0.2) is 35.1 Å². The minimum absolute atomic E-state index is 0.180. The SMILES string of the molecule is CCc1cc2c(c(OCC3COC(C)(C)O3)n1)c(=O)cc(C)n2-c1c(Cl)cccc1Cl. The second kappa shape index (κ2) is 8.43. The molecule has 6 nitrogen and oxygen atoms in total. The van der Waals surface area contributed by atoms with Crippen LogP contribution in [-0.2, 0) is 15.9 Å². The lowest BCUT2D eigenvalue weighted by molar-refractivity contribution is -0.141. The fourth-order valence-corrected chi connectivity index (χ4v) is 4.35. The lowest BCUT2D eigenvalue weighted by atomic mass is 10.1. The molecular weight excluding hydrogens is 439 g/mol. The number of fused-ring (bicyclic) bond motifs is 1. The molecule has 4 rings (SSSR count). The van der Waals surface area contributed by atoms with E-state index in [1.807, 2.05) is 38.3 Å². The van der Waals surface area contributed by atoms with Crippen LogP contribution >= 0.6 is 23.2 Å². The highest BCUT2D eigenvalue weighted by molar-refractivity contribution is 6.37. The number of aryl methyl sites for hydroxylation is 2. The molecule has 3 heterocycles. The number of nitrogens with zero attached hydrogens (tertiary/aromatic N) is 2. The lowest BCUT2D eigenvalue weighted by Gasteiger charge is -2.20. The maximum absolute atomic E-state index is 13.0. The summed E-state index contributed by atoms with van der Waals surface area (Å²) < 4.78 is 19.3. The first-order chi connectivity index (χ1) is 14.7. The number of hydrogen-bond donors (Lipinski definition) is 0. The van der Waals surface area contributed by atoms with Crippen LogP contribution in [-0.4, -0.2) is 34.7 Å². The van der Waals surface area contributed by atoms with Crippen LogP contribution in [0.3, 0.4) is 0 Å². The number of pyridine rings is 2.